The quantitative estimate of drug-likeness (QED) is 0.600. The number of nitrogens with zero attached hydrogens (tertiary/aromatic N) is 1. The standard InChI is InChI=1S/C16H22N2/c1-15(2)12-8-11-14(16(15,3)4)18-17-13-9-6-5-7-10-13/h5-10,12,17H,11H2,1-4H3. The molecule has 0 fully saturated rings. The Hall–Kier alpha value is -1.57. The molecule has 2 rings (SSSR count). The van der Waals surface area contributed by atoms with Gasteiger partial charge < -0.3 is 0 Å². The molecule has 0 aromatic heterocycles. The topological polar surface area (TPSA) is 24.4 Å². The minimum atomic E-state index is 0.0729. The second-order valence-corrected chi connectivity index (χ2v) is 5.99. The molecule has 96 valence electrons. The minimum absolute atomic E-state index is 0.0729. The van der Waals surface area contributed by atoms with Crippen LogP contribution in [0.3, 0.4) is 0 Å². The van der Waals surface area contributed by atoms with Crippen molar-refractivity contribution in [2.24, 2.45) is 15.9 Å². The molecule has 0 heterocycles. The molecule has 0 aliphatic heterocycles. The van der Waals surface area contributed by atoms with Crippen LogP contribution in [0, 0.1) is 10.8 Å². The summed E-state index contributed by atoms with van der Waals surface area (Å²) in [5.41, 5.74) is 5.62. The molecule has 0 atom stereocenters. The smallest absolute Gasteiger partial charge is 0.0561 e. The van der Waals surface area contributed by atoms with Crippen molar-refractivity contribution in [3.8, 4) is 0 Å². The van der Waals surface area contributed by atoms with Crippen molar-refractivity contribution in [2.45, 2.75) is 34.1 Å². The van der Waals surface area contributed by atoms with Crippen molar-refractivity contribution in [3.63, 3.8) is 0 Å². The highest BCUT2D eigenvalue weighted by Gasteiger charge is 2.41. The van der Waals surface area contributed by atoms with Crippen molar-refractivity contribution in [1.82, 2.24) is 0 Å². The van der Waals surface area contributed by atoms with Crippen molar-refractivity contribution >= 4 is 11.4 Å². The summed E-state index contributed by atoms with van der Waals surface area (Å²) < 4.78 is 0. The van der Waals surface area contributed by atoms with Gasteiger partial charge in [0.1, 0.15) is 0 Å². The maximum atomic E-state index is 4.62. The predicted molar refractivity (Wildman–Crippen MR) is 78.8 cm³/mol. The molecule has 0 saturated carbocycles. The molecule has 18 heavy (non-hydrogen) atoms. The maximum Gasteiger partial charge on any atom is 0.0561 e. The van der Waals surface area contributed by atoms with Crippen LogP contribution in [0.1, 0.15) is 34.1 Å². The molecule has 1 aliphatic carbocycles. The van der Waals surface area contributed by atoms with E-state index in [1.54, 1.807) is 0 Å². The minimum Gasteiger partial charge on any atom is -0.279 e. The van der Waals surface area contributed by atoms with Gasteiger partial charge in [-0.3, -0.25) is 5.43 Å². The van der Waals surface area contributed by atoms with Gasteiger partial charge in [-0.1, -0.05) is 58.0 Å². The number of hydrogen-bond donors (Lipinski definition) is 1. The summed E-state index contributed by atoms with van der Waals surface area (Å²) in [6.07, 6.45) is 5.45. The van der Waals surface area contributed by atoms with Crippen molar-refractivity contribution in [3.05, 3.63) is 42.5 Å². The number of rotatable bonds is 2. The van der Waals surface area contributed by atoms with E-state index in [1.165, 1.54) is 5.71 Å². The van der Waals surface area contributed by atoms with Gasteiger partial charge in [0.05, 0.1) is 5.69 Å². The monoisotopic (exact) mass is 242 g/mol. The van der Waals surface area contributed by atoms with Crippen LogP contribution in [0.5, 0.6) is 0 Å². The van der Waals surface area contributed by atoms with Crippen LogP contribution in [-0.4, -0.2) is 5.71 Å². The first-order chi connectivity index (χ1) is 8.43. The van der Waals surface area contributed by atoms with Crippen molar-refractivity contribution in [1.29, 1.82) is 0 Å². The van der Waals surface area contributed by atoms with E-state index in [2.05, 4.69) is 50.4 Å². The van der Waals surface area contributed by atoms with Gasteiger partial charge in [-0.05, 0) is 17.5 Å². The largest absolute Gasteiger partial charge is 0.279 e. The van der Waals surface area contributed by atoms with E-state index >= 15 is 0 Å². The highest BCUT2D eigenvalue weighted by Crippen LogP contribution is 2.44. The fourth-order valence-corrected chi connectivity index (χ4v) is 2.13. The average molecular weight is 242 g/mol. The number of nitrogens with one attached hydrogen (secondary N) is 1. The molecule has 0 unspecified atom stereocenters. The lowest BCUT2D eigenvalue weighted by molar-refractivity contribution is 0.249. The Morgan fingerprint density at radius 3 is 2.39 bits per heavy atom. The highest BCUT2D eigenvalue weighted by atomic mass is 15.3. The van der Waals surface area contributed by atoms with Crippen LogP contribution < -0.4 is 5.43 Å². The first-order valence-electron chi connectivity index (χ1n) is 6.49. The molecule has 0 saturated heterocycles. The number of hydrazone groups is 1. The van der Waals surface area contributed by atoms with E-state index in [1.807, 2.05) is 30.3 Å². The number of allylic oxidation sites excluding steroid dienone is 2. The molecule has 0 bridgehead atoms. The molecule has 2 nitrogen and oxygen atoms in total. The van der Waals surface area contributed by atoms with Crippen LogP contribution in [0.25, 0.3) is 0 Å². The molecule has 1 aliphatic rings. The second kappa shape index (κ2) is 4.60. The van der Waals surface area contributed by atoms with E-state index < -0.39 is 0 Å². The van der Waals surface area contributed by atoms with Crippen molar-refractivity contribution in [2.75, 3.05) is 5.43 Å². The molecular weight excluding hydrogens is 220 g/mol. The van der Waals surface area contributed by atoms with E-state index in [0.717, 1.165) is 12.1 Å². The number of para-hydroxylation sites is 1. The van der Waals surface area contributed by atoms with Gasteiger partial charge in [-0.15, -0.1) is 0 Å². The van der Waals surface area contributed by atoms with Crippen molar-refractivity contribution < 1.29 is 0 Å². The van der Waals surface area contributed by atoms with Gasteiger partial charge in [0.25, 0.3) is 0 Å². The zero-order valence-electron chi connectivity index (χ0n) is 11.7. The van der Waals surface area contributed by atoms with Gasteiger partial charge in [-0.25, -0.2) is 0 Å². The summed E-state index contributed by atoms with van der Waals surface area (Å²) in [5, 5.41) is 4.62. The molecule has 1 N–H and O–H groups in total. The second-order valence-electron chi connectivity index (χ2n) is 5.99. The number of anilines is 1. The summed E-state index contributed by atoms with van der Waals surface area (Å²) in [7, 11) is 0. The third-order valence-electron chi connectivity index (χ3n) is 4.27. The number of benzene rings is 1. The van der Waals surface area contributed by atoms with Crippen LogP contribution in [0.4, 0.5) is 5.69 Å². The van der Waals surface area contributed by atoms with E-state index in [-0.39, 0.29) is 10.8 Å². The van der Waals surface area contributed by atoms with Crippen LogP contribution in [0.15, 0.2) is 47.6 Å². The Labute approximate surface area is 110 Å². The lowest BCUT2D eigenvalue weighted by Gasteiger charge is -2.43. The summed E-state index contributed by atoms with van der Waals surface area (Å²) in [6, 6.07) is 10.1. The molecule has 1 aromatic carbocycles. The maximum absolute atomic E-state index is 4.62. The van der Waals surface area contributed by atoms with E-state index in [0.29, 0.717) is 0 Å². The Morgan fingerprint density at radius 1 is 1.06 bits per heavy atom. The van der Waals surface area contributed by atoms with Gasteiger partial charge in [-0.2, -0.15) is 5.10 Å². The lowest BCUT2D eigenvalue weighted by atomic mass is 9.62. The first kappa shape index (κ1) is 12.9. The third kappa shape index (κ3) is 2.33. The Kier molecular flexibility index (Phi) is 3.29. The fourth-order valence-electron chi connectivity index (χ4n) is 2.13. The lowest BCUT2D eigenvalue weighted by Crippen LogP contribution is -2.41. The number of hydrogen-bond acceptors (Lipinski definition) is 2. The third-order valence-corrected chi connectivity index (χ3v) is 4.27. The molecule has 0 amide bonds. The summed E-state index contributed by atoms with van der Waals surface area (Å²) in [4.78, 5) is 0. The van der Waals surface area contributed by atoms with Gasteiger partial charge in [0.15, 0.2) is 0 Å². The zero-order chi connectivity index (χ0) is 13.2. The summed E-state index contributed by atoms with van der Waals surface area (Å²) in [6.45, 7) is 9.06. The molecule has 0 radical (unpaired) electrons. The first-order valence-corrected chi connectivity index (χ1v) is 6.49. The molecule has 0 spiro atoms. The Bertz CT molecular complexity index is 467. The van der Waals surface area contributed by atoms with Gasteiger partial charge >= 0.3 is 0 Å². The van der Waals surface area contributed by atoms with E-state index in [9.17, 15) is 0 Å². The fraction of sp³-hybridized carbons (Fsp3) is 0.438. The van der Waals surface area contributed by atoms with Gasteiger partial charge in [0.2, 0.25) is 0 Å². The molecule has 1 aromatic rings. The Morgan fingerprint density at radius 2 is 1.72 bits per heavy atom. The van der Waals surface area contributed by atoms with Gasteiger partial charge in [0, 0.05) is 17.5 Å². The average Bonchev–Trinajstić information content (AvgIpc) is 2.32. The molecule has 2 heteroatoms. The summed E-state index contributed by atoms with van der Waals surface area (Å²) in [5.74, 6) is 0. The predicted octanol–water partition coefficient (Wildman–Crippen LogP) is 4.47. The normalized spacial score (nSPS) is 23.0. The summed E-state index contributed by atoms with van der Waals surface area (Å²) >= 11 is 0. The molecular formula is C16H22N2. The Balaban J connectivity index is 2.21. The highest BCUT2D eigenvalue weighted by molar-refractivity contribution is 5.93. The zero-order valence-corrected chi connectivity index (χ0v) is 11.7. The van der Waals surface area contributed by atoms with E-state index in [4.69, 9.17) is 0 Å². The SMILES string of the molecule is CC1(C)C=CCC(=NNc2ccccc2)C1(C)C. The van der Waals surface area contributed by atoms with Crippen LogP contribution in [-0.2, 0) is 0 Å². The van der Waals surface area contributed by atoms with Crippen LogP contribution >= 0.6 is 0 Å². The van der Waals surface area contributed by atoms with Crippen LogP contribution in [0.2, 0.25) is 0 Å².